The summed E-state index contributed by atoms with van der Waals surface area (Å²) in [6, 6.07) is -0.760. The monoisotopic (exact) mass is 237 g/mol. The molecule has 17 heavy (non-hydrogen) atoms. The summed E-state index contributed by atoms with van der Waals surface area (Å²) in [4.78, 5) is 30.5. The van der Waals surface area contributed by atoms with Crippen molar-refractivity contribution >= 4 is 17.6 Å². The lowest BCUT2D eigenvalue weighted by atomic mass is 10.0. The van der Waals surface area contributed by atoms with E-state index < -0.39 is 17.9 Å². The van der Waals surface area contributed by atoms with Crippen molar-refractivity contribution in [1.82, 2.24) is 15.3 Å². The molecular weight excluding hydrogens is 222 g/mol. The van der Waals surface area contributed by atoms with Gasteiger partial charge in [0, 0.05) is 12.4 Å². The summed E-state index contributed by atoms with van der Waals surface area (Å²) in [7, 11) is 0. The number of hydrogen-bond acceptors (Lipinski definition) is 5. The fourth-order valence-corrected chi connectivity index (χ4v) is 1.30. The molecule has 1 heterocycles. The van der Waals surface area contributed by atoms with Crippen LogP contribution in [0.1, 0.15) is 24.3 Å². The van der Waals surface area contributed by atoms with Crippen LogP contribution >= 0.6 is 0 Å². The van der Waals surface area contributed by atoms with Crippen molar-refractivity contribution in [2.45, 2.75) is 19.9 Å². The quantitative estimate of drug-likeness (QED) is 0.638. The van der Waals surface area contributed by atoms with Gasteiger partial charge in [-0.05, 0) is 5.92 Å². The van der Waals surface area contributed by atoms with Gasteiger partial charge in [0.2, 0.25) is 5.91 Å². The van der Waals surface area contributed by atoms with Gasteiger partial charge in [0.1, 0.15) is 6.04 Å². The number of nitrogens with one attached hydrogen (secondary N) is 1. The van der Waals surface area contributed by atoms with E-state index >= 15 is 0 Å². The largest absolute Gasteiger partial charge is 0.382 e. The summed E-state index contributed by atoms with van der Waals surface area (Å²) in [5.74, 6) is -1.27. The molecule has 1 aromatic heterocycles. The molecule has 7 heteroatoms. The first-order valence-corrected chi connectivity index (χ1v) is 5.10. The van der Waals surface area contributed by atoms with E-state index in [1.807, 2.05) is 0 Å². The number of nitrogens with zero attached hydrogens (tertiary/aromatic N) is 2. The van der Waals surface area contributed by atoms with E-state index in [1.54, 1.807) is 13.8 Å². The number of rotatable bonds is 4. The van der Waals surface area contributed by atoms with Crippen LogP contribution < -0.4 is 16.8 Å². The van der Waals surface area contributed by atoms with Crippen LogP contribution in [-0.4, -0.2) is 27.8 Å². The van der Waals surface area contributed by atoms with Gasteiger partial charge >= 0.3 is 0 Å². The van der Waals surface area contributed by atoms with Crippen LogP contribution in [0.15, 0.2) is 12.4 Å². The third-order valence-corrected chi connectivity index (χ3v) is 2.20. The lowest BCUT2D eigenvalue weighted by Crippen LogP contribution is -2.48. The summed E-state index contributed by atoms with van der Waals surface area (Å²) in [5.41, 5.74) is 10.7. The minimum Gasteiger partial charge on any atom is -0.382 e. The Bertz CT molecular complexity index is 432. The van der Waals surface area contributed by atoms with Gasteiger partial charge in [-0.15, -0.1) is 0 Å². The van der Waals surface area contributed by atoms with Crippen molar-refractivity contribution in [3.05, 3.63) is 18.1 Å². The molecule has 1 rings (SSSR count). The lowest BCUT2D eigenvalue weighted by molar-refractivity contribution is -0.120. The molecular formula is C10H15N5O2. The van der Waals surface area contributed by atoms with Crippen molar-refractivity contribution in [3.63, 3.8) is 0 Å². The maximum atomic E-state index is 11.8. The summed E-state index contributed by atoms with van der Waals surface area (Å²) >= 11 is 0. The Balaban J connectivity index is 2.85. The highest BCUT2D eigenvalue weighted by Gasteiger charge is 2.23. The van der Waals surface area contributed by atoms with Gasteiger partial charge in [0.25, 0.3) is 5.91 Å². The molecule has 0 saturated heterocycles. The molecule has 0 radical (unpaired) electrons. The molecule has 1 aromatic rings. The second-order valence-corrected chi connectivity index (χ2v) is 3.89. The number of aromatic nitrogens is 2. The minimum absolute atomic E-state index is 0.0111. The Kier molecular flexibility index (Phi) is 3.97. The number of primary amides is 1. The second kappa shape index (κ2) is 5.24. The molecule has 1 unspecified atom stereocenters. The fraction of sp³-hybridized carbons (Fsp3) is 0.400. The Labute approximate surface area is 98.6 Å². The van der Waals surface area contributed by atoms with Crippen LogP contribution in [0.5, 0.6) is 0 Å². The zero-order valence-corrected chi connectivity index (χ0v) is 9.68. The van der Waals surface area contributed by atoms with Gasteiger partial charge < -0.3 is 16.8 Å². The van der Waals surface area contributed by atoms with Crippen LogP contribution in [0.4, 0.5) is 5.82 Å². The maximum absolute atomic E-state index is 11.8. The van der Waals surface area contributed by atoms with E-state index in [1.165, 1.54) is 12.4 Å². The van der Waals surface area contributed by atoms with E-state index in [4.69, 9.17) is 11.5 Å². The number of nitrogens with two attached hydrogens (primary N) is 2. The highest BCUT2D eigenvalue weighted by molar-refractivity contribution is 5.98. The van der Waals surface area contributed by atoms with Gasteiger partial charge in [0.05, 0.1) is 0 Å². The first-order valence-electron chi connectivity index (χ1n) is 5.10. The molecule has 0 aliphatic rings. The first-order chi connectivity index (χ1) is 7.93. The average Bonchev–Trinajstić information content (AvgIpc) is 2.25. The first kappa shape index (κ1) is 12.9. The number of anilines is 1. The zero-order chi connectivity index (χ0) is 13.0. The molecule has 0 aliphatic heterocycles. The molecule has 0 spiro atoms. The Hall–Kier alpha value is -2.18. The SMILES string of the molecule is CC(C)C(NC(=O)c1nccnc1N)C(N)=O. The van der Waals surface area contributed by atoms with Gasteiger partial charge in [0.15, 0.2) is 11.5 Å². The molecule has 2 amide bonds. The van der Waals surface area contributed by atoms with Crippen molar-refractivity contribution in [2.24, 2.45) is 11.7 Å². The molecule has 92 valence electrons. The lowest BCUT2D eigenvalue weighted by Gasteiger charge is -2.18. The van der Waals surface area contributed by atoms with Crippen LogP contribution in [0, 0.1) is 5.92 Å². The standard InChI is InChI=1S/C10H15N5O2/c1-5(2)6(9(12)16)15-10(17)7-8(11)14-4-3-13-7/h3-6H,1-2H3,(H2,11,14)(H2,12,16)(H,15,17). The topological polar surface area (TPSA) is 124 Å². The maximum Gasteiger partial charge on any atom is 0.274 e. The zero-order valence-electron chi connectivity index (χ0n) is 9.68. The molecule has 5 N–H and O–H groups in total. The Morgan fingerprint density at radius 3 is 2.35 bits per heavy atom. The van der Waals surface area contributed by atoms with Crippen molar-refractivity contribution in [2.75, 3.05) is 5.73 Å². The number of carbonyl (C=O) groups excluding carboxylic acids is 2. The predicted molar refractivity (Wildman–Crippen MR) is 61.7 cm³/mol. The van der Waals surface area contributed by atoms with E-state index in [2.05, 4.69) is 15.3 Å². The van der Waals surface area contributed by atoms with Crippen LogP contribution in [0.2, 0.25) is 0 Å². The third kappa shape index (κ3) is 3.13. The summed E-state index contributed by atoms with van der Waals surface area (Å²) in [6.45, 7) is 3.55. The fourth-order valence-electron chi connectivity index (χ4n) is 1.30. The van der Waals surface area contributed by atoms with Crippen LogP contribution in [0.3, 0.4) is 0 Å². The molecule has 0 aromatic carbocycles. The highest BCUT2D eigenvalue weighted by atomic mass is 16.2. The van der Waals surface area contributed by atoms with Gasteiger partial charge in [-0.3, -0.25) is 9.59 Å². The van der Waals surface area contributed by atoms with E-state index in [-0.39, 0.29) is 17.4 Å². The van der Waals surface area contributed by atoms with Gasteiger partial charge in [-0.25, -0.2) is 9.97 Å². The van der Waals surface area contributed by atoms with Crippen molar-refractivity contribution in [3.8, 4) is 0 Å². The van der Waals surface area contributed by atoms with Crippen LogP contribution in [0.25, 0.3) is 0 Å². The van der Waals surface area contributed by atoms with Crippen molar-refractivity contribution in [1.29, 1.82) is 0 Å². The minimum atomic E-state index is -0.760. The third-order valence-electron chi connectivity index (χ3n) is 2.20. The molecule has 0 saturated carbocycles. The number of hydrogen-bond donors (Lipinski definition) is 3. The second-order valence-electron chi connectivity index (χ2n) is 3.89. The summed E-state index contributed by atoms with van der Waals surface area (Å²) in [6.07, 6.45) is 2.72. The van der Waals surface area contributed by atoms with Crippen LogP contribution in [-0.2, 0) is 4.79 Å². The van der Waals surface area contributed by atoms with E-state index in [9.17, 15) is 9.59 Å². The smallest absolute Gasteiger partial charge is 0.274 e. The molecule has 0 aliphatic carbocycles. The summed E-state index contributed by atoms with van der Waals surface area (Å²) in [5, 5.41) is 2.48. The predicted octanol–water partition coefficient (Wildman–Crippen LogP) is -0.701. The molecule has 0 fully saturated rings. The molecule has 7 nitrogen and oxygen atoms in total. The van der Waals surface area contributed by atoms with E-state index in [0.29, 0.717) is 0 Å². The highest BCUT2D eigenvalue weighted by Crippen LogP contribution is 2.06. The number of nitrogen functional groups attached to an aromatic ring is 1. The number of carbonyl (C=O) groups is 2. The average molecular weight is 237 g/mol. The summed E-state index contributed by atoms with van der Waals surface area (Å²) < 4.78 is 0. The number of amides is 2. The normalized spacial score (nSPS) is 12.2. The van der Waals surface area contributed by atoms with Gasteiger partial charge in [-0.1, -0.05) is 13.8 Å². The van der Waals surface area contributed by atoms with Crippen molar-refractivity contribution < 1.29 is 9.59 Å². The Morgan fingerprint density at radius 2 is 1.88 bits per heavy atom. The Morgan fingerprint density at radius 1 is 1.29 bits per heavy atom. The molecule has 0 bridgehead atoms. The van der Waals surface area contributed by atoms with Gasteiger partial charge in [-0.2, -0.15) is 0 Å². The molecule has 1 atom stereocenters. The van der Waals surface area contributed by atoms with E-state index in [0.717, 1.165) is 0 Å².